The number of anilines is 1. The van der Waals surface area contributed by atoms with Crippen molar-refractivity contribution in [1.29, 1.82) is 0 Å². The average molecular weight is 441 g/mol. The quantitative estimate of drug-likeness (QED) is 0.506. The molecule has 2 N–H and O–H groups in total. The lowest BCUT2D eigenvalue weighted by Crippen LogP contribution is -2.26. The predicted molar refractivity (Wildman–Crippen MR) is 121 cm³/mol. The molecule has 0 saturated carbocycles. The molecule has 5 nitrogen and oxygen atoms in total. The van der Waals surface area contributed by atoms with Crippen molar-refractivity contribution >= 4 is 39.3 Å². The molecule has 0 unspecified atom stereocenters. The molecule has 0 atom stereocenters. The average Bonchev–Trinajstić information content (AvgIpc) is 2.74. The van der Waals surface area contributed by atoms with Crippen LogP contribution >= 0.6 is 11.6 Å². The third kappa shape index (κ3) is 6.56. The van der Waals surface area contributed by atoms with Gasteiger partial charge in [0.2, 0.25) is 15.9 Å². The van der Waals surface area contributed by atoms with Crippen LogP contribution < -0.4 is 10.0 Å². The Morgan fingerprint density at radius 2 is 1.57 bits per heavy atom. The summed E-state index contributed by atoms with van der Waals surface area (Å²) >= 11 is 5.83. The molecule has 0 heterocycles. The lowest BCUT2D eigenvalue weighted by molar-refractivity contribution is -0.111. The molecular weight excluding hydrogens is 420 g/mol. The van der Waals surface area contributed by atoms with E-state index in [2.05, 4.69) is 10.0 Å². The number of hydrogen-bond acceptors (Lipinski definition) is 3. The Morgan fingerprint density at radius 3 is 2.23 bits per heavy atom. The van der Waals surface area contributed by atoms with Crippen LogP contribution in [0.3, 0.4) is 0 Å². The van der Waals surface area contributed by atoms with Crippen molar-refractivity contribution in [2.24, 2.45) is 0 Å². The van der Waals surface area contributed by atoms with Crippen LogP contribution in [0.15, 0.2) is 89.8 Å². The van der Waals surface area contributed by atoms with Crippen LogP contribution in [-0.2, 0) is 21.2 Å². The van der Waals surface area contributed by atoms with Crippen molar-refractivity contribution in [2.75, 3.05) is 11.9 Å². The molecule has 3 aromatic rings. The second-order valence-corrected chi connectivity index (χ2v) is 8.74. The van der Waals surface area contributed by atoms with Gasteiger partial charge in [-0.3, -0.25) is 4.79 Å². The summed E-state index contributed by atoms with van der Waals surface area (Å²) in [5, 5.41) is 3.33. The fourth-order valence-electron chi connectivity index (χ4n) is 2.70. The van der Waals surface area contributed by atoms with Crippen molar-refractivity contribution in [2.45, 2.75) is 11.3 Å². The van der Waals surface area contributed by atoms with Gasteiger partial charge in [-0.1, -0.05) is 54.1 Å². The molecule has 0 aromatic heterocycles. The summed E-state index contributed by atoms with van der Waals surface area (Å²) in [5.74, 6) is -0.318. The summed E-state index contributed by atoms with van der Waals surface area (Å²) in [5.41, 5.74) is 2.41. The molecule has 0 aliphatic rings. The van der Waals surface area contributed by atoms with Crippen molar-refractivity contribution < 1.29 is 13.2 Å². The Bertz CT molecular complexity index is 1110. The summed E-state index contributed by atoms with van der Waals surface area (Å²) < 4.78 is 27.4. The first-order chi connectivity index (χ1) is 14.4. The fraction of sp³-hybridized carbons (Fsp3) is 0.0870. The molecule has 0 fully saturated rings. The van der Waals surface area contributed by atoms with E-state index < -0.39 is 10.0 Å². The van der Waals surface area contributed by atoms with E-state index >= 15 is 0 Å². The van der Waals surface area contributed by atoms with Crippen LogP contribution in [0.2, 0.25) is 5.02 Å². The Morgan fingerprint density at radius 1 is 0.900 bits per heavy atom. The second-order valence-electron chi connectivity index (χ2n) is 6.53. The Labute approximate surface area is 181 Å². The predicted octanol–water partition coefficient (Wildman–Crippen LogP) is 4.51. The SMILES string of the molecule is O=C(C=Cc1ccc(Cl)cc1)Nc1ccc(S(=O)(=O)NCCc2ccccc2)cc1. The highest BCUT2D eigenvalue weighted by Crippen LogP contribution is 2.15. The van der Waals surface area contributed by atoms with Gasteiger partial charge in [-0.15, -0.1) is 0 Å². The third-order valence-electron chi connectivity index (χ3n) is 4.28. The van der Waals surface area contributed by atoms with Gasteiger partial charge in [0.1, 0.15) is 0 Å². The van der Waals surface area contributed by atoms with Crippen molar-refractivity contribution in [1.82, 2.24) is 4.72 Å². The smallest absolute Gasteiger partial charge is 0.248 e. The summed E-state index contributed by atoms with van der Waals surface area (Å²) in [7, 11) is -3.61. The number of rotatable bonds is 8. The standard InChI is InChI=1S/C23H21ClN2O3S/c24-20-9-6-19(7-10-20)8-15-23(27)26-21-11-13-22(14-12-21)30(28,29)25-17-16-18-4-2-1-3-5-18/h1-15,25H,16-17H2,(H,26,27). The highest BCUT2D eigenvalue weighted by atomic mass is 35.5. The van der Waals surface area contributed by atoms with Crippen molar-refractivity contribution in [3.63, 3.8) is 0 Å². The van der Waals surface area contributed by atoms with Gasteiger partial charge >= 0.3 is 0 Å². The topological polar surface area (TPSA) is 75.3 Å². The Kier molecular flexibility index (Phi) is 7.41. The maximum Gasteiger partial charge on any atom is 0.248 e. The summed E-state index contributed by atoms with van der Waals surface area (Å²) in [4.78, 5) is 12.2. The number of halogens is 1. The van der Waals surface area contributed by atoms with E-state index in [1.54, 1.807) is 42.5 Å². The molecule has 30 heavy (non-hydrogen) atoms. The van der Waals surface area contributed by atoms with E-state index in [4.69, 9.17) is 11.6 Å². The number of nitrogens with one attached hydrogen (secondary N) is 2. The highest BCUT2D eigenvalue weighted by Gasteiger charge is 2.13. The van der Waals surface area contributed by atoms with Crippen LogP contribution in [-0.4, -0.2) is 20.9 Å². The van der Waals surface area contributed by atoms with E-state index in [1.165, 1.54) is 18.2 Å². The van der Waals surface area contributed by atoms with Gasteiger partial charge in [0.05, 0.1) is 4.90 Å². The van der Waals surface area contributed by atoms with Gasteiger partial charge in [0.25, 0.3) is 0 Å². The first kappa shape index (κ1) is 21.8. The number of hydrogen-bond donors (Lipinski definition) is 2. The van der Waals surface area contributed by atoms with E-state index in [0.29, 0.717) is 23.7 Å². The second kappa shape index (κ2) is 10.2. The maximum absolute atomic E-state index is 12.4. The van der Waals surface area contributed by atoms with Crippen LogP contribution in [0.4, 0.5) is 5.69 Å². The van der Waals surface area contributed by atoms with E-state index in [9.17, 15) is 13.2 Å². The third-order valence-corrected chi connectivity index (χ3v) is 6.01. The number of amides is 1. The Hall–Kier alpha value is -2.93. The highest BCUT2D eigenvalue weighted by molar-refractivity contribution is 7.89. The van der Waals surface area contributed by atoms with Gasteiger partial charge in [-0.2, -0.15) is 0 Å². The van der Waals surface area contributed by atoms with Gasteiger partial charge in [-0.25, -0.2) is 13.1 Å². The molecular formula is C23H21ClN2O3S. The van der Waals surface area contributed by atoms with Crippen molar-refractivity contribution in [3.05, 3.63) is 101 Å². The van der Waals surface area contributed by atoms with Gasteiger partial charge < -0.3 is 5.32 Å². The fourth-order valence-corrected chi connectivity index (χ4v) is 3.86. The minimum absolute atomic E-state index is 0.144. The molecule has 0 aliphatic carbocycles. The maximum atomic E-state index is 12.4. The summed E-state index contributed by atoms with van der Waals surface area (Å²) in [6.45, 7) is 0.306. The zero-order chi connectivity index (χ0) is 21.4. The molecule has 3 rings (SSSR count). The molecule has 0 aliphatic heterocycles. The monoisotopic (exact) mass is 440 g/mol. The van der Waals surface area contributed by atoms with Crippen LogP contribution in [0.1, 0.15) is 11.1 Å². The van der Waals surface area contributed by atoms with Gasteiger partial charge in [0.15, 0.2) is 0 Å². The zero-order valence-corrected chi connectivity index (χ0v) is 17.7. The number of carbonyl (C=O) groups excluding carboxylic acids is 1. The lowest BCUT2D eigenvalue weighted by Gasteiger charge is -2.08. The van der Waals surface area contributed by atoms with Crippen LogP contribution in [0, 0.1) is 0 Å². The largest absolute Gasteiger partial charge is 0.323 e. The minimum Gasteiger partial charge on any atom is -0.323 e. The summed E-state index contributed by atoms with van der Waals surface area (Å²) in [6.07, 6.45) is 3.67. The molecule has 1 amide bonds. The molecule has 0 bridgehead atoms. The Balaban J connectivity index is 1.54. The minimum atomic E-state index is -3.61. The van der Waals surface area contributed by atoms with Crippen molar-refractivity contribution in [3.8, 4) is 0 Å². The molecule has 3 aromatic carbocycles. The number of benzene rings is 3. The summed E-state index contributed by atoms with van der Waals surface area (Å²) in [6, 6.07) is 22.8. The molecule has 0 spiro atoms. The molecule has 0 radical (unpaired) electrons. The molecule has 154 valence electrons. The van der Waals surface area contributed by atoms with E-state index in [-0.39, 0.29) is 10.8 Å². The first-order valence-corrected chi connectivity index (χ1v) is 11.2. The normalized spacial score (nSPS) is 11.5. The van der Waals surface area contributed by atoms with Crippen LogP contribution in [0.5, 0.6) is 0 Å². The number of carbonyl (C=O) groups is 1. The van der Waals surface area contributed by atoms with Gasteiger partial charge in [-0.05, 0) is 60.0 Å². The van der Waals surface area contributed by atoms with Gasteiger partial charge in [0, 0.05) is 23.3 Å². The zero-order valence-electron chi connectivity index (χ0n) is 16.1. The first-order valence-electron chi connectivity index (χ1n) is 9.31. The molecule has 7 heteroatoms. The molecule has 0 saturated heterocycles. The van der Waals surface area contributed by atoms with Crippen LogP contribution in [0.25, 0.3) is 6.08 Å². The van der Waals surface area contributed by atoms with E-state index in [0.717, 1.165) is 11.1 Å². The lowest BCUT2D eigenvalue weighted by atomic mass is 10.2. The number of sulfonamides is 1. The van der Waals surface area contributed by atoms with E-state index in [1.807, 2.05) is 30.3 Å².